The van der Waals surface area contributed by atoms with Crippen LogP contribution in [0.15, 0.2) is 12.1 Å². The molecular formula is C16H21NOS. The molecule has 2 nitrogen and oxygen atoms in total. The number of hydrogen-bond acceptors (Lipinski definition) is 3. The molecular weight excluding hydrogens is 254 g/mol. The van der Waals surface area contributed by atoms with E-state index < -0.39 is 0 Å². The SMILES string of the molecule is C#CCSCCNC1CC(C)c2c(C)ccc(O)c21. The fraction of sp³-hybridized carbons (Fsp3) is 0.500. The summed E-state index contributed by atoms with van der Waals surface area (Å²) in [5.41, 5.74) is 3.72. The van der Waals surface area contributed by atoms with Crippen LogP contribution in [-0.2, 0) is 0 Å². The second kappa shape index (κ2) is 6.36. The maximum atomic E-state index is 10.1. The van der Waals surface area contributed by atoms with Crippen molar-refractivity contribution in [3.05, 3.63) is 28.8 Å². The van der Waals surface area contributed by atoms with E-state index in [1.165, 1.54) is 11.1 Å². The first-order valence-corrected chi connectivity index (χ1v) is 7.87. The Kier molecular flexibility index (Phi) is 4.79. The van der Waals surface area contributed by atoms with Crippen LogP contribution in [0.5, 0.6) is 5.75 Å². The Morgan fingerprint density at radius 1 is 1.47 bits per heavy atom. The van der Waals surface area contributed by atoms with Crippen LogP contribution < -0.4 is 5.32 Å². The Bertz CT molecular complexity index is 492. The minimum absolute atomic E-state index is 0.274. The van der Waals surface area contributed by atoms with E-state index in [0.717, 1.165) is 30.0 Å². The van der Waals surface area contributed by atoms with Crippen LogP contribution in [0.1, 0.15) is 42.0 Å². The zero-order valence-electron chi connectivity index (χ0n) is 11.6. The molecule has 1 aliphatic carbocycles. The maximum Gasteiger partial charge on any atom is 0.120 e. The van der Waals surface area contributed by atoms with Crippen LogP contribution in [0.4, 0.5) is 0 Å². The van der Waals surface area contributed by atoms with Gasteiger partial charge in [0.2, 0.25) is 0 Å². The number of phenols is 1. The van der Waals surface area contributed by atoms with Crippen molar-refractivity contribution < 1.29 is 5.11 Å². The van der Waals surface area contributed by atoms with E-state index in [2.05, 4.69) is 25.1 Å². The Hall–Kier alpha value is -1.11. The summed E-state index contributed by atoms with van der Waals surface area (Å²) in [7, 11) is 0. The number of rotatable bonds is 5. The van der Waals surface area contributed by atoms with Crippen molar-refractivity contribution >= 4 is 11.8 Å². The number of thioether (sulfide) groups is 1. The highest BCUT2D eigenvalue weighted by Gasteiger charge is 2.31. The van der Waals surface area contributed by atoms with Gasteiger partial charge in [0.15, 0.2) is 0 Å². The summed E-state index contributed by atoms with van der Waals surface area (Å²) in [4.78, 5) is 0. The molecule has 3 heteroatoms. The third-order valence-corrected chi connectivity index (χ3v) is 4.60. The molecule has 0 heterocycles. The molecule has 1 aromatic carbocycles. The number of hydrogen-bond donors (Lipinski definition) is 2. The molecule has 19 heavy (non-hydrogen) atoms. The van der Waals surface area contributed by atoms with Crippen molar-refractivity contribution in [3.8, 4) is 18.1 Å². The summed E-state index contributed by atoms with van der Waals surface area (Å²) < 4.78 is 0. The summed E-state index contributed by atoms with van der Waals surface area (Å²) >= 11 is 1.76. The van der Waals surface area contributed by atoms with Crippen LogP contribution in [0.2, 0.25) is 0 Å². The zero-order chi connectivity index (χ0) is 13.8. The molecule has 2 atom stereocenters. The average molecular weight is 275 g/mol. The predicted octanol–water partition coefficient (Wildman–Crippen LogP) is 3.20. The van der Waals surface area contributed by atoms with Gasteiger partial charge in [0.25, 0.3) is 0 Å². The first kappa shape index (κ1) is 14.3. The molecule has 0 spiro atoms. The van der Waals surface area contributed by atoms with Gasteiger partial charge in [0, 0.05) is 23.9 Å². The lowest BCUT2D eigenvalue weighted by atomic mass is 9.97. The Balaban J connectivity index is 2.03. The van der Waals surface area contributed by atoms with Gasteiger partial charge in [0.05, 0.1) is 5.75 Å². The summed E-state index contributed by atoms with van der Waals surface area (Å²) in [5.74, 6) is 5.35. The third kappa shape index (κ3) is 3.08. The molecule has 0 saturated carbocycles. The molecule has 2 N–H and O–H groups in total. The lowest BCUT2D eigenvalue weighted by molar-refractivity contribution is 0.449. The van der Waals surface area contributed by atoms with Crippen molar-refractivity contribution in [2.24, 2.45) is 0 Å². The molecule has 2 unspecified atom stereocenters. The Morgan fingerprint density at radius 2 is 2.26 bits per heavy atom. The van der Waals surface area contributed by atoms with Crippen LogP contribution in [0.3, 0.4) is 0 Å². The van der Waals surface area contributed by atoms with Crippen LogP contribution in [-0.4, -0.2) is 23.2 Å². The molecule has 0 bridgehead atoms. The van der Waals surface area contributed by atoms with Gasteiger partial charge in [-0.25, -0.2) is 0 Å². The highest BCUT2D eigenvalue weighted by molar-refractivity contribution is 7.99. The average Bonchev–Trinajstić information content (AvgIpc) is 2.72. The molecule has 0 amide bonds. The van der Waals surface area contributed by atoms with E-state index in [1.807, 2.05) is 12.1 Å². The van der Waals surface area contributed by atoms with Crippen LogP contribution in [0.25, 0.3) is 0 Å². The number of phenolic OH excluding ortho intramolecular Hbond substituents is 1. The van der Waals surface area contributed by atoms with Gasteiger partial charge in [-0.05, 0) is 36.5 Å². The third-order valence-electron chi connectivity index (χ3n) is 3.74. The number of aryl methyl sites for hydroxylation is 1. The molecule has 0 fully saturated rings. The minimum atomic E-state index is 0.274. The number of aromatic hydroxyl groups is 1. The smallest absolute Gasteiger partial charge is 0.120 e. The molecule has 2 rings (SSSR count). The van der Waals surface area contributed by atoms with Gasteiger partial charge in [-0.2, -0.15) is 0 Å². The van der Waals surface area contributed by atoms with Crippen molar-refractivity contribution in [1.29, 1.82) is 0 Å². The van der Waals surface area contributed by atoms with Crippen molar-refractivity contribution in [2.45, 2.75) is 32.2 Å². The number of fused-ring (bicyclic) bond motifs is 1. The van der Waals surface area contributed by atoms with E-state index in [1.54, 1.807) is 11.8 Å². The van der Waals surface area contributed by atoms with Gasteiger partial charge >= 0.3 is 0 Å². The van der Waals surface area contributed by atoms with Crippen molar-refractivity contribution in [2.75, 3.05) is 18.1 Å². The predicted molar refractivity (Wildman–Crippen MR) is 82.8 cm³/mol. The van der Waals surface area contributed by atoms with E-state index in [-0.39, 0.29) is 6.04 Å². The van der Waals surface area contributed by atoms with Gasteiger partial charge in [0.1, 0.15) is 5.75 Å². The molecule has 0 radical (unpaired) electrons. The van der Waals surface area contributed by atoms with E-state index in [4.69, 9.17) is 6.42 Å². The molecule has 102 valence electrons. The highest BCUT2D eigenvalue weighted by Crippen LogP contribution is 2.45. The summed E-state index contributed by atoms with van der Waals surface area (Å²) in [6.45, 7) is 5.29. The standard InChI is InChI=1S/C16H21NOS/c1-4-8-19-9-7-17-13-10-12(3)15-11(2)5-6-14(18)16(13)15/h1,5-6,12-13,17-18H,7-10H2,2-3H3. The molecule has 0 aliphatic heterocycles. The van der Waals surface area contributed by atoms with Gasteiger partial charge in [-0.3, -0.25) is 0 Å². The van der Waals surface area contributed by atoms with Crippen LogP contribution in [0, 0.1) is 19.3 Å². The first-order chi connectivity index (χ1) is 9.15. The summed E-state index contributed by atoms with van der Waals surface area (Å²) in [6.07, 6.45) is 6.29. The van der Waals surface area contributed by atoms with Crippen LogP contribution >= 0.6 is 11.8 Å². The van der Waals surface area contributed by atoms with Crippen molar-refractivity contribution in [3.63, 3.8) is 0 Å². The normalized spacial score (nSPS) is 21.1. The van der Waals surface area contributed by atoms with Gasteiger partial charge < -0.3 is 10.4 Å². The quantitative estimate of drug-likeness (QED) is 0.639. The van der Waals surface area contributed by atoms with Gasteiger partial charge in [-0.15, -0.1) is 18.2 Å². The first-order valence-electron chi connectivity index (χ1n) is 6.72. The lowest BCUT2D eigenvalue weighted by Crippen LogP contribution is -2.22. The fourth-order valence-electron chi connectivity index (χ4n) is 2.97. The second-order valence-electron chi connectivity index (χ2n) is 5.13. The highest BCUT2D eigenvalue weighted by atomic mass is 32.2. The van der Waals surface area contributed by atoms with Crippen molar-refractivity contribution in [1.82, 2.24) is 5.32 Å². The maximum absolute atomic E-state index is 10.1. The van der Waals surface area contributed by atoms with E-state index in [0.29, 0.717) is 11.7 Å². The summed E-state index contributed by atoms with van der Waals surface area (Å²) in [6, 6.07) is 4.10. The summed E-state index contributed by atoms with van der Waals surface area (Å²) in [5, 5.41) is 13.7. The Morgan fingerprint density at radius 3 is 3.00 bits per heavy atom. The number of nitrogens with one attached hydrogen (secondary N) is 1. The van der Waals surface area contributed by atoms with Gasteiger partial charge in [-0.1, -0.05) is 18.9 Å². The Labute approximate surface area is 120 Å². The monoisotopic (exact) mass is 275 g/mol. The lowest BCUT2D eigenvalue weighted by Gasteiger charge is -2.15. The molecule has 1 aromatic rings. The van der Waals surface area contributed by atoms with E-state index in [9.17, 15) is 5.11 Å². The second-order valence-corrected chi connectivity index (χ2v) is 6.23. The zero-order valence-corrected chi connectivity index (χ0v) is 12.4. The molecule has 0 aromatic heterocycles. The number of benzene rings is 1. The topological polar surface area (TPSA) is 32.3 Å². The fourth-order valence-corrected chi connectivity index (χ4v) is 3.49. The minimum Gasteiger partial charge on any atom is -0.508 e. The molecule has 0 saturated heterocycles. The van der Waals surface area contributed by atoms with E-state index >= 15 is 0 Å². The largest absolute Gasteiger partial charge is 0.508 e. The number of terminal acetylenes is 1. The molecule has 1 aliphatic rings.